The third kappa shape index (κ3) is 2.65. The van der Waals surface area contributed by atoms with Crippen LogP contribution in [-0.2, 0) is 0 Å². The van der Waals surface area contributed by atoms with Crippen molar-refractivity contribution in [2.24, 2.45) is 0 Å². The molecule has 1 aliphatic carbocycles. The summed E-state index contributed by atoms with van der Waals surface area (Å²) in [5, 5.41) is 22.8. The van der Waals surface area contributed by atoms with Crippen molar-refractivity contribution in [3.63, 3.8) is 0 Å². The highest BCUT2D eigenvalue weighted by atomic mass is 16.6. The number of aliphatic hydroxyl groups excluding tert-OH is 1. The van der Waals surface area contributed by atoms with Crippen LogP contribution in [0.3, 0.4) is 0 Å². The Morgan fingerprint density at radius 1 is 1.33 bits per heavy atom. The van der Waals surface area contributed by atoms with Gasteiger partial charge in [-0.2, -0.15) is 0 Å². The normalized spacial score (nSPS) is 22.7. The summed E-state index contributed by atoms with van der Waals surface area (Å²) in [5.74, 6) is -0.309. The lowest BCUT2D eigenvalue weighted by atomic mass is 10.1. The lowest BCUT2D eigenvalue weighted by molar-refractivity contribution is -0.384. The second-order valence-corrected chi connectivity index (χ2v) is 4.38. The molecule has 1 saturated carbocycles. The maximum Gasteiger partial charge on any atom is 0.269 e. The zero-order chi connectivity index (χ0) is 13.1. The molecule has 1 amide bonds. The topological polar surface area (TPSA) is 92.5 Å². The van der Waals surface area contributed by atoms with Crippen LogP contribution in [-0.4, -0.2) is 28.1 Å². The Morgan fingerprint density at radius 3 is 2.50 bits per heavy atom. The van der Waals surface area contributed by atoms with E-state index < -0.39 is 11.0 Å². The van der Waals surface area contributed by atoms with Gasteiger partial charge in [-0.25, -0.2) is 0 Å². The molecular formula is C12H14N2O4. The summed E-state index contributed by atoms with van der Waals surface area (Å²) in [5.41, 5.74) is 0.312. The van der Waals surface area contributed by atoms with E-state index in [0.29, 0.717) is 12.0 Å². The molecule has 0 spiro atoms. The summed E-state index contributed by atoms with van der Waals surface area (Å²) in [6.07, 6.45) is 1.87. The Morgan fingerprint density at radius 2 is 2.00 bits per heavy atom. The highest BCUT2D eigenvalue weighted by Gasteiger charge is 2.26. The minimum Gasteiger partial charge on any atom is -0.391 e. The van der Waals surface area contributed by atoms with Gasteiger partial charge in [-0.15, -0.1) is 0 Å². The van der Waals surface area contributed by atoms with Crippen LogP contribution in [0.25, 0.3) is 0 Å². The highest BCUT2D eigenvalue weighted by Crippen LogP contribution is 2.19. The minimum absolute atomic E-state index is 0.0487. The number of nitrogens with zero attached hydrogens (tertiary/aromatic N) is 1. The van der Waals surface area contributed by atoms with Gasteiger partial charge in [0.1, 0.15) is 0 Å². The van der Waals surface area contributed by atoms with E-state index in [4.69, 9.17) is 0 Å². The van der Waals surface area contributed by atoms with E-state index in [1.165, 1.54) is 24.3 Å². The second kappa shape index (κ2) is 5.14. The van der Waals surface area contributed by atoms with Gasteiger partial charge in [0.25, 0.3) is 11.6 Å². The number of carbonyl (C=O) groups excluding carboxylic acids is 1. The minimum atomic E-state index is -0.511. The van der Waals surface area contributed by atoms with E-state index in [1.54, 1.807) is 0 Å². The molecule has 0 heterocycles. The van der Waals surface area contributed by atoms with Gasteiger partial charge in [0.15, 0.2) is 0 Å². The summed E-state index contributed by atoms with van der Waals surface area (Å²) in [6.45, 7) is 0. The van der Waals surface area contributed by atoms with Crippen LogP contribution in [0.5, 0.6) is 0 Å². The summed E-state index contributed by atoms with van der Waals surface area (Å²) in [6, 6.07) is 5.19. The van der Waals surface area contributed by atoms with Gasteiger partial charge in [-0.1, -0.05) is 0 Å². The number of nitro groups is 1. The molecule has 1 fully saturated rings. The average molecular weight is 250 g/mol. The highest BCUT2D eigenvalue weighted by molar-refractivity contribution is 5.94. The van der Waals surface area contributed by atoms with Gasteiger partial charge < -0.3 is 10.4 Å². The molecule has 1 unspecified atom stereocenters. The average Bonchev–Trinajstić information content (AvgIpc) is 2.75. The number of hydrogen-bond acceptors (Lipinski definition) is 4. The first kappa shape index (κ1) is 12.5. The van der Waals surface area contributed by atoms with E-state index in [0.717, 1.165) is 12.8 Å². The molecule has 2 atom stereocenters. The van der Waals surface area contributed by atoms with Crippen molar-refractivity contribution in [1.29, 1.82) is 0 Å². The van der Waals surface area contributed by atoms with Crippen molar-refractivity contribution in [3.05, 3.63) is 39.9 Å². The number of carbonyl (C=O) groups is 1. The SMILES string of the molecule is O=C(N[C@H]1CCCC1O)c1ccc([N+](=O)[O-])cc1. The van der Waals surface area contributed by atoms with E-state index in [9.17, 15) is 20.0 Å². The maximum atomic E-state index is 11.8. The van der Waals surface area contributed by atoms with Gasteiger partial charge in [0.2, 0.25) is 0 Å². The van der Waals surface area contributed by atoms with Crippen molar-refractivity contribution >= 4 is 11.6 Å². The number of non-ortho nitro benzene ring substituents is 1. The van der Waals surface area contributed by atoms with E-state index in [2.05, 4.69) is 5.32 Å². The van der Waals surface area contributed by atoms with Crippen molar-refractivity contribution in [3.8, 4) is 0 Å². The first-order chi connectivity index (χ1) is 8.58. The lowest BCUT2D eigenvalue weighted by Gasteiger charge is -2.16. The predicted molar refractivity (Wildman–Crippen MR) is 64.2 cm³/mol. The molecule has 1 aromatic rings. The van der Waals surface area contributed by atoms with Crippen molar-refractivity contribution in [1.82, 2.24) is 5.32 Å². The molecule has 0 aliphatic heterocycles. The molecule has 1 aromatic carbocycles. The molecule has 2 rings (SSSR count). The Bertz CT molecular complexity index is 458. The Labute approximate surface area is 104 Å². The number of nitrogens with one attached hydrogen (secondary N) is 1. The molecule has 18 heavy (non-hydrogen) atoms. The fourth-order valence-electron chi connectivity index (χ4n) is 2.10. The van der Waals surface area contributed by atoms with Crippen LogP contribution in [0.4, 0.5) is 5.69 Å². The van der Waals surface area contributed by atoms with Crippen LogP contribution >= 0.6 is 0 Å². The van der Waals surface area contributed by atoms with Gasteiger partial charge in [-0.05, 0) is 31.4 Å². The summed E-state index contributed by atoms with van der Waals surface area (Å²) in [7, 11) is 0. The predicted octanol–water partition coefficient (Wildman–Crippen LogP) is 1.24. The standard InChI is InChI=1S/C12H14N2O4/c15-11-3-1-2-10(11)13-12(16)8-4-6-9(7-5-8)14(17)18/h4-7,10-11,15H,1-3H2,(H,13,16)/t10-,11?/m0/s1. The zero-order valence-electron chi connectivity index (χ0n) is 9.70. The molecule has 0 aromatic heterocycles. The van der Waals surface area contributed by atoms with Crippen LogP contribution in [0.1, 0.15) is 29.6 Å². The van der Waals surface area contributed by atoms with Crippen LogP contribution < -0.4 is 5.32 Å². The molecule has 0 bridgehead atoms. The first-order valence-corrected chi connectivity index (χ1v) is 5.81. The maximum absolute atomic E-state index is 11.8. The number of aliphatic hydroxyl groups is 1. The third-order valence-electron chi connectivity index (χ3n) is 3.14. The van der Waals surface area contributed by atoms with Crippen LogP contribution in [0.15, 0.2) is 24.3 Å². The number of rotatable bonds is 3. The Balaban J connectivity index is 2.02. The number of benzene rings is 1. The monoisotopic (exact) mass is 250 g/mol. The second-order valence-electron chi connectivity index (χ2n) is 4.38. The molecule has 0 saturated heterocycles. The Kier molecular flexibility index (Phi) is 3.57. The lowest BCUT2D eigenvalue weighted by Crippen LogP contribution is -2.39. The van der Waals surface area contributed by atoms with E-state index in [1.807, 2.05) is 0 Å². The Hall–Kier alpha value is -1.95. The fraction of sp³-hybridized carbons (Fsp3) is 0.417. The molecule has 0 radical (unpaired) electrons. The molecule has 2 N–H and O–H groups in total. The molecule has 6 nitrogen and oxygen atoms in total. The number of nitro benzene ring substituents is 1. The van der Waals surface area contributed by atoms with Crippen molar-refractivity contribution < 1.29 is 14.8 Å². The molecular weight excluding hydrogens is 236 g/mol. The largest absolute Gasteiger partial charge is 0.391 e. The van der Waals surface area contributed by atoms with Gasteiger partial charge in [-0.3, -0.25) is 14.9 Å². The zero-order valence-corrected chi connectivity index (χ0v) is 9.70. The summed E-state index contributed by atoms with van der Waals surface area (Å²) < 4.78 is 0. The van der Waals surface area contributed by atoms with Crippen molar-refractivity contribution in [2.75, 3.05) is 0 Å². The van der Waals surface area contributed by atoms with Crippen LogP contribution in [0, 0.1) is 10.1 Å². The van der Waals surface area contributed by atoms with Gasteiger partial charge >= 0.3 is 0 Å². The molecule has 96 valence electrons. The number of hydrogen-bond donors (Lipinski definition) is 2. The van der Waals surface area contributed by atoms with E-state index >= 15 is 0 Å². The van der Waals surface area contributed by atoms with Crippen LogP contribution in [0.2, 0.25) is 0 Å². The van der Waals surface area contributed by atoms with Gasteiger partial charge in [0, 0.05) is 17.7 Å². The quantitative estimate of drug-likeness (QED) is 0.623. The summed E-state index contributed by atoms with van der Waals surface area (Å²) >= 11 is 0. The first-order valence-electron chi connectivity index (χ1n) is 5.81. The van der Waals surface area contributed by atoms with Crippen molar-refractivity contribution in [2.45, 2.75) is 31.4 Å². The smallest absolute Gasteiger partial charge is 0.269 e. The number of amides is 1. The summed E-state index contributed by atoms with van der Waals surface area (Å²) in [4.78, 5) is 21.8. The van der Waals surface area contributed by atoms with E-state index in [-0.39, 0.29) is 17.6 Å². The van der Waals surface area contributed by atoms with Gasteiger partial charge in [0.05, 0.1) is 17.1 Å². The molecule has 1 aliphatic rings. The molecule has 6 heteroatoms. The fourth-order valence-corrected chi connectivity index (χ4v) is 2.10. The third-order valence-corrected chi connectivity index (χ3v) is 3.14.